The van der Waals surface area contributed by atoms with E-state index in [1.54, 1.807) is 24.3 Å². The van der Waals surface area contributed by atoms with Crippen LogP contribution in [0, 0.1) is 0 Å². The molecule has 0 fully saturated rings. The van der Waals surface area contributed by atoms with Crippen molar-refractivity contribution < 1.29 is 19.7 Å². The molecule has 0 bridgehead atoms. The molecule has 2 rings (SSSR count). The summed E-state index contributed by atoms with van der Waals surface area (Å²) in [5.41, 5.74) is 1.60. The van der Waals surface area contributed by atoms with Gasteiger partial charge in [-0.1, -0.05) is 162 Å². The van der Waals surface area contributed by atoms with Crippen LogP contribution in [0.15, 0.2) is 43.7 Å². The van der Waals surface area contributed by atoms with E-state index in [0.29, 0.717) is 35.6 Å². The minimum atomic E-state index is -0.314. The summed E-state index contributed by atoms with van der Waals surface area (Å²) < 4.78 is 13.9. The third-order valence-corrected chi connectivity index (χ3v) is 19.7. The molecule has 4 nitrogen and oxygen atoms in total. The number of benzene rings is 2. The predicted molar refractivity (Wildman–Crippen MR) is 211 cm³/mol. The Bertz CT molecular complexity index is 1020. The number of alkyl halides is 9. The number of para-hydroxylation sites is 1. The molecule has 0 radical (unpaired) electrons. The van der Waals surface area contributed by atoms with Gasteiger partial charge in [-0.25, -0.2) is 0 Å². The van der Waals surface area contributed by atoms with E-state index in [1.165, 1.54) is 0 Å². The molecule has 0 heterocycles. The second kappa shape index (κ2) is 22.3. The van der Waals surface area contributed by atoms with Crippen molar-refractivity contribution in [2.45, 2.75) is 34.0 Å². The first-order chi connectivity index (χ1) is 18.8. The number of hydrogen-bond donors (Lipinski definition) is 2. The fourth-order valence-electron chi connectivity index (χ4n) is 2.90. The third kappa shape index (κ3) is 13.8. The maximum Gasteiger partial charge on any atom is 0.135 e. The number of aromatic hydroxyl groups is 2. The summed E-state index contributed by atoms with van der Waals surface area (Å²) in [6.07, 6.45) is 0. The van der Waals surface area contributed by atoms with Crippen LogP contribution in [0.2, 0.25) is 0 Å². The molecule has 2 aromatic rings. The molecule has 0 saturated carbocycles. The van der Waals surface area contributed by atoms with Crippen molar-refractivity contribution in [1.82, 2.24) is 0 Å². The second-order valence-corrected chi connectivity index (χ2v) is 19.3. The van der Waals surface area contributed by atoms with Gasteiger partial charge >= 0.3 is 0 Å². The maximum atomic E-state index is 11.2. The number of hydrogen-bond acceptors (Lipinski definition) is 4. The lowest BCUT2D eigenvalue weighted by Crippen LogP contribution is -2.26. The zero-order valence-electron chi connectivity index (χ0n) is 20.2. The van der Waals surface area contributed by atoms with Crippen molar-refractivity contribution in [3.05, 3.63) is 54.9 Å². The van der Waals surface area contributed by atoms with E-state index in [9.17, 15) is 5.11 Å². The van der Waals surface area contributed by atoms with Crippen LogP contribution in [0.4, 0.5) is 0 Å². The summed E-state index contributed by atoms with van der Waals surface area (Å²) in [4.78, 5) is -0.306. The molecule has 0 aliphatic heterocycles. The molecule has 0 aliphatic carbocycles. The Morgan fingerprint density at radius 2 is 1.20 bits per heavy atom. The molecule has 0 aliphatic rings. The average Bonchev–Trinajstić information content (AvgIpc) is 2.95. The lowest BCUT2D eigenvalue weighted by atomic mass is 9.97. The molecule has 2 N–H and O–H groups in total. The Balaban J connectivity index is 0.000000985. The average molecular weight is 1340 g/mol. The second-order valence-electron chi connectivity index (χ2n) is 7.94. The molecule has 7 unspecified atom stereocenters. The molecule has 7 atom stereocenters. The Morgan fingerprint density at radius 3 is 1.70 bits per heavy atom. The van der Waals surface area contributed by atoms with Gasteiger partial charge in [0.05, 0.1) is 48.1 Å². The van der Waals surface area contributed by atoms with E-state index < -0.39 is 0 Å². The third-order valence-electron chi connectivity index (χ3n) is 4.88. The van der Waals surface area contributed by atoms with Crippen molar-refractivity contribution in [1.29, 1.82) is 0 Å². The van der Waals surface area contributed by atoms with Gasteiger partial charge in [0.1, 0.15) is 16.5 Å². The van der Waals surface area contributed by atoms with E-state index in [4.69, 9.17) is 14.6 Å². The number of halogens is 12. The highest BCUT2D eigenvalue weighted by Gasteiger charge is 2.36. The molecule has 0 saturated heterocycles. The molecule has 0 aromatic heterocycles. The summed E-state index contributed by atoms with van der Waals surface area (Å²) in [6, 6.07) is 8.71. The van der Waals surface area contributed by atoms with E-state index in [-0.39, 0.29) is 39.7 Å². The molecular weight excluding hydrogens is 1310 g/mol. The van der Waals surface area contributed by atoms with Gasteiger partial charge in [-0.15, -0.1) is 0 Å². The van der Waals surface area contributed by atoms with Gasteiger partial charge < -0.3 is 19.7 Å². The summed E-state index contributed by atoms with van der Waals surface area (Å²) in [5, 5.41) is 21.1. The number of ether oxygens (including phenoxy) is 2. The van der Waals surface area contributed by atoms with Gasteiger partial charge in [0.15, 0.2) is 0 Å². The van der Waals surface area contributed by atoms with Crippen LogP contribution in [0.1, 0.15) is 20.8 Å². The molecule has 2 aromatic carbocycles. The van der Waals surface area contributed by atoms with Gasteiger partial charge in [-0.3, -0.25) is 0 Å². The number of rotatable bonds is 14. The first kappa shape index (κ1) is 41.7. The quantitative estimate of drug-likeness (QED) is 0.146. The minimum absolute atomic E-state index is 0.0624. The van der Waals surface area contributed by atoms with Gasteiger partial charge in [-0.05, 0) is 65.5 Å². The summed E-state index contributed by atoms with van der Waals surface area (Å²) in [5.74, 6) is 0.456. The molecule has 228 valence electrons. The standard InChI is InChI=1S/C18H18Br12O3.C6H6O/c19-1-6(21)3-32-5-8(23)11(24)9-10(17(31)15(28)14(27)12(9)25)13(26)16(29)18(30)33-4-7(22)2-20;7-6-4-2-1-3-5-6/h6-8,11,13,16,18,31H,1-5H2;1-5,7H. The highest BCUT2D eigenvalue weighted by molar-refractivity contribution is 9.15. The largest absolute Gasteiger partial charge is 0.508 e. The SMILES string of the molecule is Oc1c(Br)c(Br)c(Br)c(C(Br)C(Br)COCC(Br)CBr)c1C(Br)C(Br)C(Br)OCC(Br)CBr.Oc1ccccc1. The lowest BCUT2D eigenvalue weighted by molar-refractivity contribution is 0.121. The zero-order chi connectivity index (χ0) is 30.6. The topological polar surface area (TPSA) is 58.9 Å². The van der Waals surface area contributed by atoms with Crippen LogP contribution >= 0.6 is 191 Å². The van der Waals surface area contributed by atoms with E-state index in [0.717, 1.165) is 25.2 Å². The van der Waals surface area contributed by atoms with Crippen LogP contribution in [0.3, 0.4) is 0 Å². The smallest absolute Gasteiger partial charge is 0.135 e. The predicted octanol–water partition coefficient (Wildman–Crippen LogP) is 12.5. The first-order valence-corrected chi connectivity index (χ1v) is 22.2. The molecular formula is C24H24Br12O4. The summed E-state index contributed by atoms with van der Waals surface area (Å²) in [6.45, 7) is 1.56. The van der Waals surface area contributed by atoms with Crippen LogP contribution in [0.5, 0.6) is 11.5 Å². The normalized spacial score (nSPS) is 16.7. The van der Waals surface area contributed by atoms with E-state index in [1.807, 2.05) is 6.07 Å². The monoisotopic (exact) mass is 1320 g/mol. The van der Waals surface area contributed by atoms with Crippen molar-refractivity contribution in [3.63, 3.8) is 0 Å². The highest BCUT2D eigenvalue weighted by Crippen LogP contribution is 2.54. The number of phenolic OH excluding ortho intramolecular Hbond substituents is 2. The van der Waals surface area contributed by atoms with E-state index >= 15 is 0 Å². The van der Waals surface area contributed by atoms with Crippen LogP contribution < -0.4 is 0 Å². The van der Waals surface area contributed by atoms with Gasteiger partial charge in [-0.2, -0.15) is 0 Å². The fraction of sp³-hybridized carbons (Fsp3) is 0.500. The maximum absolute atomic E-state index is 11.2. The van der Waals surface area contributed by atoms with Gasteiger partial charge in [0.2, 0.25) is 0 Å². The van der Waals surface area contributed by atoms with Crippen LogP contribution in [-0.2, 0) is 9.47 Å². The Hall–Kier alpha value is 3.72. The van der Waals surface area contributed by atoms with E-state index in [2.05, 4.69) is 191 Å². The van der Waals surface area contributed by atoms with Crippen molar-refractivity contribution in [2.75, 3.05) is 30.5 Å². The summed E-state index contributed by atoms with van der Waals surface area (Å²) in [7, 11) is 0. The molecule has 16 heteroatoms. The Morgan fingerprint density at radius 1 is 0.650 bits per heavy atom. The Labute approximate surface area is 336 Å². The zero-order valence-corrected chi connectivity index (χ0v) is 39.2. The molecule has 40 heavy (non-hydrogen) atoms. The minimum Gasteiger partial charge on any atom is -0.508 e. The van der Waals surface area contributed by atoms with Gasteiger partial charge in [0.25, 0.3) is 0 Å². The highest BCUT2D eigenvalue weighted by atomic mass is 79.9. The van der Waals surface area contributed by atoms with Crippen molar-refractivity contribution >= 4 is 191 Å². The van der Waals surface area contributed by atoms with Crippen LogP contribution in [0.25, 0.3) is 0 Å². The fourth-order valence-corrected chi connectivity index (χ4v) is 8.77. The van der Waals surface area contributed by atoms with Crippen molar-refractivity contribution in [2.24, 2.45) is 0 Å². The Kier molecular flexibility index (Phi) is 23.3. The molecule has 0 amide bonds. The number of phenols is 2. The van der Waals surface area contributed by atoms with Gasteiger partial charge in [0, 0.05) is 30.4 Å². The van der Waals surface area contributed by atoms with Crippen molar-refractivity contribution in [3.8, 4) is 11.5 Å². The lowest BCUT2D eigenvalue weighted by Gasteiger charge is -2.29. The first-order valence-electron chi connectivity index (χ1n) is 11.2. The summed E-state index contributed by atoms with van der Waals surface area (Å²) >= 11 is 43.5. The van der Waals surface area contributed by atoms with Crippen LogP contribution in [-0.4, -0.2) is 65.0 Å². The molecule has 0 spiro atoms.